The minimum absolute atomic E-state index is 0.0278. The van der Waals surface area contributed by atoms with Crippen molar-refractivity contribution >= 4 is 28.3 Å². The van der Waals surface area contributed by atoms with Crippen LogP contribution in [0.2, 0.25) is 0 Å². The molecular weight excluding hydrogens is 551 g/mol. The van der Waals surface area contributed by atoms with Gasteiger partial charge in [-0.05, 0) is 37.1 Å². The van der Waals surface area contributed by atoms with E-state index in [1.54, 1.807) is 43.8 Å². The van der Waals surface area contributed by atoms with Gasteiger partial charge in [0.1, 0.15) is 5.69 Å². The maximum atomic E-state index is 16.4. The van der Waals surface area contributed by atoms with Crippen LogP contribution in [-0.4, -0.2) is 74.2 Å². The third-order valence-electron chi connectivity index (χ3n) is 8.38. The molecule has 0 atom stereocenters. The molecule has 1 N–H and O–H groups in total. The highest BCUT2D eigenvalue weighted by Crippen LogP contribution is 2.37. The number of hydrogen-bond donors (Lipinski definition) is 1. The van der Waals surface area contributed by atoms with Gasteiger partial charge in [0, 0.05) is 74.1 Å². The molecule has 1 aromatic carbocycles. The Morgan fingerprint density at radius 3 is 2.72 bits per heavy atom. The first kappa shape index (κ1) is 26.8. The molecule has 4 aromatic heterocycles. The largest absolute Gasteiger partial charge is 0.348 e. The van der Waals surface area contributed by atoms with Crippen molar-refractivity contribution in [3.8, 4) is 11.3 Å². The summed E-state index contributed by atoms with van der Waals surface area (Å²) in [6.45, 7) is 4.94. The second kappa shape index (κ2) is 10.6. The fraction of sp³-hybridized carbons (Fsp3) is 0.333. The number of amides is 2. The number of fused-ring (bicyclic) bond motifs is 2. The molecule has 5 aromatic rings. The normalized spacial score (nSPS) is 14.9. The molecule has 220 valence electrons. The topological polar surface area (TPSA) is 123 Å². The average molecular weight is 583 g/mol. The van der Waals surface area contributed by atoms with Gasteiger partial charge in [-0.3, -0.25) is 23.6 Å². The zero-order chi connectivity index (χ0) is 29.7. The van der Waals surface area contributed by atoms with Gasteiger partial charge in [0.25, 0.3) is 5.91 Å². The summed E-state index contributed by atoms with van der Waals surface area (Å²) in [4.78, 5) is 33.3. The molecule has 0 radical (unpaired) electrons. The Hall–Kier alpha value is -5.07. The Balaban J connectivity index is 1.22. The van der Waals surface area contributed by atoms with Crippen molar-refractivity contribution in [1.29, 1.82) is 0 Å². The Morgan fingerprint density at radius 1 is 1.07 bits per heavy atom. The summed E-state index contributed by atoms with van der Waals surface area (Å²) < 4.78 is 21.7. The summed E-state index contributed by atoms with van der Waals surface area (Å²) in [5.74, 6) is -0.678. The van der Waals surface area contributed by atoms with Crippen LogP contribution < -0.4 is 0 Å². The van der Waals surface area contributed by atoms with Crippen molar-refractivity contribution in [2.75, 3.05) is 13.1 Å². The van der Waals surface area contributed by atoms with Crippen molar-refractivity contribution < 1.29 is 14.0 Å². The van der Waals surface area contributed by atoms with Crippen LogP contribution in [0.5, 0.6) is 0 Å². The van der Waals surface area contributed by atoms with E-state index in [0.717, 1.165) is 34.6 Å². The minimum atomic E-state index is -0.450. The van der Waals surface area contributed by atoms with Gasteiger partial charge in [-0.2, -0.15) is 10.2 Å². The smallest absolute Gasteiger partial charge is 0.270 e. The number of H-pyrrole nitrogens is 1. The molecule has 0 unspecified atom stereocenters. The van der Waals surface area contributed by atoms with E-state index in [-0.39, 0.29) is 30.3 Å². The van der Waals surface area contributed by atoms with Crippen LogP contribution in [0.25, 0.3) is 27.7 Å². The number of carbonyl (C=O) groups excluding carboxylic acids is 2. The summed E-state index contributed by atoms with van der Waals surface area (Å²) in [5.41, 5.74) is 5.30. The monoisotopic (exact) mass is 582 g/mol. The molecule has 0 bridgehead atoms. The van der Waals surface area contributed by atoms with Gasteiger partial charge in [-0.25, -0.2) is 4.39 Å². The third-order valence-corrected chi connectivity index (χ3v) is 8.38. The number of rotatable bonds is 7. The number of aromatic amines is 1. The number of benzene rings is 1. The maximum absolute atomic E-state index is 16.4. The van der Waals surface area contributed by atoms with Gasteiger partial charge in [0.15, 0.2) is 5.82 Å². The number of halogens is 1. The van der Waals surface area contributed by atoms with E-state index >= 15 is 4.39 Å². The second-order valence-corrected chi connectivity index (χ2v) is 10.9. The van der Waals surface area contributed by atoms with Crippen molar-refractivity contribution in [3.05, 3.63) is 77.4 Å². The number of aryl methyl sites for hydroxylation is 3. The standard InChI is InChI=1S/C30H31FN10O2/c1-3-41-26-18-39(17-20(26)15-34-41)30(43)24-14-23-22(25-6-8-33-37(25)2)13-21(28(31)29(23)35-24)19-5-4-10-38(16-19)27(42)7-11-40-12-9-32-36-40/h5-6,8-9,12-15,35H,3-4,7,10-11,16-18H2,1-2H3. The Labute approximate surface area is 246 Å². The first-order valence-corrected chi connectivity index (χ1v) is 14.4. The molecule has 12 nitrogen and oxygen atoms in total. The van der Waals surface area contributed by atoms with E-state index in [1.165, 1.54) is 0 Å². The van der Waals surface area contributed by atoms with Gasteiger partial charge in [-0.1, -0.05) is 11.3 Å². The van der Waals surface area contributed by atoms with Crippen LogP contribution in [0.4, 0.5) is 4.39 Å². The molecule has 6 heterocycles. The number of aromatic nitrogens is 8. The first-order valence-electron chi connectivity index (χ1n) is 14.4. The van der Waals surface area contributed by atoms with E-state index in [1.807, 2.05) is 43.1 Å². The summed E-state index contributed by atoms with van der Waals surface area (Å²) in [5, 5.41) is 17.0. The molecule has 13 heteroatoms. The Bertz CT molecular complexity index is 1880. The van der Waals surface area contributed by atoms with Gasteiger partial charge in [0.05, 0.1) is 42.4 Å². The summed E-state index contributed by atoms with van der Waals surface area (Å²) in [6.07, 6.45) is 9.68. The quantitative estimate of drug-likeness (QED) is 0.314. The number of nitrogens with one attached hydrogen (secondary N) is 1. The van der Waals surface area contributed by atoms with Gasteiger partial charge >= 0.3 is 0 Å². The molecule has 0 fully saturated rings. The lowest BCUT2D eigenvalue weighted by atomic mass is 9.95. The first-order chi connectivity index (χ1) is 20.9. The van der Waals surface area contributed by atoms with Gasteiger partial charge in [-0.15, -0.1) is 5.10 Å². The number of carbonyl (C=O) groups is 2. The predicted octanol–water partition coefficient (Wildman–Crippen LogP) is 3.38. The summed E-state index contributed by atoms with van der Waals surface area (Å²) in [7, 11) is 1.83. The second-order valence-electron chi connectivity index (χ2n) is 10.9. The van der Waals surface area contributed by atoms with Crippen molar-refractivity contribution in [2.24, 2.45) is 7.05 Å². The highest BCUT2D eigenvalue weighted by Gasteiger charge is 2.30. The molecular formula is C30H31FN10O2. The minimum Gasteiger partial charge on any atom is -0.348 e. The molecule has 0 saturated heterocycles. The van der Waals surface area contributed by atoms with Crippen LogP contribution in [-0.2, 0) is 38.0 Å². The van der Waals surface area contributed by atoms with Crippen LogP contribution in [0, 0.1) is 5.82 Å². The molecule has 0 spiro atoms. The third kappa shape index (κ3) is 4.70. The lowest BCUT2D eigenvalue weighted by Crippen LogP contribution is -2.36. The van der Waals surface area contributed by atoms with E-state index in [9.17, 15) is 9.59 Å². The van der Waals surface area contributed by atoms with E-state index < -0.39 is 5.82 Å². The van der Waals surface area contributed by atoms with Gasteiger partial charge < -0.3 is 14.8 Å². The molecule has 0 aliphatic carbocycles. The number of hydrogen-bond acceptors (Lipinski definition) is 6. The molecule has 2 aliphatic heterocycles. The van der Waals surface area contributed by atoms with E-state index in [0.29, 0.717) is 49.2 Å². The zero-order valence-electron chi connectivity index (χ0n) is 24.0. The lowest BCUT2D eigenvalue weighted by Gasteiger charge is -2.28. The summed E-state index contributed by atoms with van der Waals surface area (Å²) >= 11 is 0. The SMILES string of the molecule is CCn1ncc2c1CN(C(=O)c1cc3c(-c4ccnn4C)cc(C4=CCCN(C(=O)CCn5ccnn5)C4)c(F)c3[nH]1)C2. The average Bonchev–Trinajstić information content (AvgIpc) is 3.85. The van der Waals surface area contributed by atoms with Gasteiger partial charge in [0.2, 0.25) is 5.91 Å². The van der Waals surface area contributed by atoms with Crippen molar-refractivity contribution in [2.45, 2.75) is 45.9 Å². The molecule has 43 heavy (non-hydrogen) atoms. The molecule has 2 aliphatic rings. The molecule has 7 rings (SSSR count). The Kier molecular flexibility index (Phi) is 6.63. The van der Waals surface area contributed by atoms with Crippen LogP contribution >= 0.6 is 0 Å². The van der Waals surface area contributed by atoms with Crippen molar-refractivity contribution in [1.82, 2.24) is 49.3 Å². The maximum Gasteiger partial charge on any atom is 0.270 e. The van der Waals surface area contributed by atoms with E-state index in [4.69, 9.17) is 0 Å². The van der Waals surface area contributed by atoms with Crippen LogP contribution in [0.1, 0.15) is 47.1 Å². The van der Waals surface area contributed by atoms with Crippen LogP contribution in [0.15, 0.2) is 49.1 Å². The predicted molar refractivity (Wildman–Crippen MR) is 156 cm³/mol. The number of nitrogens with zero attached hydrogens (tertiary/aromatic N) is 9. The fourth-order valence-corrected chi connectivity index (χ4v) is 6.12. The van der Waals surface area contributed by atoms with E-state index in [2.05, 4.69) is 25.5 Å². The van der Waals surface area contributed by atoms with Crippen molar-refractivity contribution in [3.63, 3.8) is 0 Å². The van der Waals surface area contributed by atoms with Crippen LogP contribution in [0.3, 0.4) is 0 Å². The molecule has 2 amide bonds. The summed E-state index contributed by atoms with van der Waals surface area (Å²) in [6, 6.07) is 5.42. The molecule has 0 saturated carbocycles. The highest BCUT2D eigenvalue weighted by atomic mass is 19.1. The zero-order valence-corrected chi connectivity index (χ0v) is 24.0. The highest BCUT2D eigenvalue weighted by molar-refractivity contribution is 6.04. The Morgan fingerprint density at radius 2 is 1.95 bits per heavy atom. The lowest BCUT2D eigenvalue weighted by molar-refractivity contribution is -0.131. The fourth-order valence-electron chi connectivity index (χ4n) is 6.12.